The number of aromatic amines is 1. The average molecular weight is 261 g/mol. The van der Waals surface area contributed by atoms with Crippen molar-refractivity contribution in [3.8, 4) is 0 Å². The van der Waals surface area contributed by atoms with Crippen molar-refractivity contribution in [3.63, 3.8) is 0 Å². The van der Waals surface area contributed by atoms with Crippen LogP contribution in [0.4, 0.5) is 0 Å². The van der Waals surface area contributed by atoms with Gasteiger partial charge >= 0.3 is 5.97 Å². The molecule has 100 valence electrons. The van der Waals surface area contributed by atoms with Crippen molar-refractivity contribution in [1.29, 1.82) is 0 Å². The molecule has 0 saturated heterocycles. The lowest BCUT2D eigenvalue weighted by atomic mass is 10.2. The van der Waals surface area contributed by atoms with Crippen LogP contribution < -0.4 is 0 Å². The molecule has 0 aliphatic carbocycles. The molecule has 19 heavy (non-hydrogen) atoms. The topological polar surface area (TPSA) is 86.3 Å². The van der Waals surface area contributed by atoms with Gasteiger partial charge in [-0.1, -0.05) is 18.2 Å². The number of aromatic nitrogens is 2. The van der Waals surface area contributed by atoms with Crippen LogP contribution in [-0.4, -0.2) is 44.7 Å². The Balaban J connectivity index is 2.39. The molecule has 1 amide bonds. The van der Waals surface area contributed by atoms with Gasteiger partial charge in [0, 0.05) is 11.4 Å². The first-order valence-corrected chi connectivity index (χ1v) is 5.96. The van der Waals surface area contributed by atoms with E-state index in [0.29, 0.717) is 5.39 Å². The molecule has 0 aliphatic heterocycles. The Hall–Kier alpha value is -2.37. The smallest absolute Gasteiger partial charge is 0.323 e. The van der Waals surface area contributed by atoms with Gasteiger partial charge in [-0.2, -0.15) is 5.10 Å². The minimum atomic E-state index is -1.04. The molecule has 2 rings (SSSR count). The van der Waals surface area contributed by atoms with Gasteiger partial charge in [-0.15, -0.1) is 0 Å². The molecule has 1 aromatic heterocycles. The Kier molecular flexibility index (Phi) is 3.50. The maximum absolute atomic E-state index is 12.4. The van der Waals surface area contributed by atoms with Gasteiger partial charge in [0.25, 0.3) is 5.91 Å². The van der Waals surface area contributed by atoms with Crippen LogP contribution in [0, 0.1) is 0 Å². The zero-order chi connectivity index (χ0) is 14.0. The number of hydrogen-bond donors (Lipinski definition) is 2. The fourth-order valence-electron chi connectivity index (χ4n) is 1.90. The summed E-state index contributed by atoms with van der Waals surface area (Å²) < 4.78 is 0. The third-order valence-electron chi connectivity index (χ3n) is 2.86. The van der Waals surface area contributed by atoms with Crippen LogP contribution in [0.3, 0.4) is 0 Å². The Labute approximate surface area is 110 Å². The molecule has 0 bridgehead atoms. The van der Waals surface area contributed by atoms with Gasteiger partial charge < -0.3 is 10.0 Å². The lowest BCUT2D eigenvalue weighted by molar-refractivity contribution is -0.138. The molecule has 2 N–H and O–H groups in total. The zero-order valence-corrected chi connectivity index (χ0v) is 10.8. The van der Waals surface area contributed by atoms with Gasteiger partial charge in [0.15, 0.2) is 5.69 Å². The molecule has 6 heteroatoms. The van der Waals surface area contributed by atoms with E-state index < -0.39 is 5.97 Å². The molecule has 2 aromatic rings. The van der Waals surface area contributed by atoms with Gasteiger partial charge in [-0.3, -0.25) is 14.7 Å². The maximum Gasteiger partial charge on any atom is 0.323 e. The van der Waals surface area contributed by atoms with Crippen LogP contribution in [0.25, 0.3) is 10.9 Å². The molecule has 1 aromatic carbocycles. The second-order valence-corrected chi connectivity index (χ2v) is 4.54. The molecule has 1 heterocycles. The summed E-state index contributed by atoms with van der Waals surface area (Å²) in [5.41, 5.74) is 1.01. The van der Waals surface area contributed by atoms with Gasteiger partial charge in [0.05, 0.1) is 5.52 Å². The minimum absolute atomic E-state index is 0.209. The Morgan fingerprint density at radius 3 is 2.68 bits per heavy atom. The first kappa shape index (κ1) is 13.1. The Morgan fingerprint density at radius 2 is 2.05 bits per heavy atom. The fourth-order valence-corrected chi connectivity index (χ4v) is 1.90. The van der Waals surface area contributed by atoms with Crippen LogP contribution >= 0.6 is 0 Å². The number of carboxylic acids is 1. The largest absolute Gasteiger partial charge is 0.480 e. The van der Waals surface area contributed by atoms with Crippen molar-refractivity contribution >= 4 is 22.8 Å². The second kappa shape index (κ2) is 5.09. The quantitative estimate of drug-likeness (QED) is 0.873. The average Bonchev–Trinajstić information content (AvgIpc) is 2.78. The molecule has 0 radical (unpaired) electrons. The SMILES string of the molecule is CC(C)N(CC(=O)O)C(=O)c1n[nH]c2ccccc12. The number of benzene rings is 1. The van der Waals surface area contributed by atoms with Gasteiger partial charge in [-0.25, -0.2) is 0 Å². The van der Waals surface area contributed by atoms with E-state index in [0.717, 1.165) is 5.52 Å². The van der Waals surface area contributed by atoms with Crippen molar-refractivity contribution in [2.24, 2.45) is 0 Å². The number of carbonyl (C=O) groups is 2. The predicted molar refractivity (Wildman–Crippen MR) is 69.9 cm³/mol. The van der Waals surface area contributed by atoms with Gasteiger partial charge in [0.1, 0.15) is 6.54 Å². The van der Waals surface area contributed by atoms with E-state index in [2.05, 4.69) is 10.2 Å². The van der Waals surface area contributed by atoms with E-state index in [1.54, 1.807) is 19.9 Å². The number of para-hydroxylation sites is 1. The second-order valence-electron chi connectivity index (χ2n) is 4.54. The third kappa shape index (κ3) is 2.57. The van der Waals surface area contributed by atoms with E-state index in [-0.39, 0.29) is 24.2 Å². The monoisotopic (exact) mass is 261 g/mol. The highest BCUT2D eigenvalue weighted by molar-refractivity contribution is 6.05. The van der Waals surface area contributed by atoms with E-state index in [1.165, 1.54) is 4.90 Å². The standard InChI is InChI=1S/C13H15N3O3/c1-8(2)16(7-11(17)18)13(19)12-9-5-3-4-6-10(9)14-15-12/h3-6,8H,7H2,1-2H3,(H,14,15)(H,17,18). The summed E-state index contributed by atoms with van der Waals surface area (Å²) in [4.78, 5) is 24.5. The van der Waals surface area contributed by atoms with Crippen LogP contribution in [0.2, 0.25) is 0 Å². The van der Waals surface area contributed by atoms with Crippen molar-refractivity contribution in [1.82, 2.24) is 15.1 Å². The van der Waals surface area contributed by atoms with Crippen molar-refractivity contribution < 1.29 is 14.7 Å². The normalized spacial score (nSPS) is 10.9. The van der Waals surface area contributed by atoms with E-state index in [4.69, 9.17) is 5.11 Å². The molecule has 0 saturated carbocycles. The molecule has 6 nitrogen and oxygen atoms in total. The number of amides is 1. The number of rotatable bonds is 4. The fraction of sp³-hybridized carbons (Fsp3) is 0.308. The number of hydrogen-bond acceptors (Lipinski definition) is 3. The van der Waals surface area contributed by atoms with Crippen LogP contribution in [-0.2, 0) is 4.79 Å². The molecule has 0 atom stereocenters. The number of nitrogens with zero attached hydrogens (tertiary/aromatic N) is 2. The number of carboxylic acid groups (broad SMARTS) is 1. The van der Waals surface area contributed by atoms with Gasteiger partial charge in [0.2, 0.25) is 0 Å². The van der Waals surface area contributed by atoms with Crippen molar-refractivity contribution in [3.05, 3.63) is 30.0 Å². The Bertz CT molecular complexity index is 618. The highest BCUT2D eigenvalue weighted by Gasteiger charge is 2.24. The van der Waals surface area contributed by atoms with E-state index >= 15 is 0 Å². The minimum Gasteiger partial charge on any atom is -0.480 e. The summed E-state index contributed by atoms with van der Waals surface area (Å²) in [5, 5.41) is 16.3. The number of aliphatic carboxylic acids is 1. The van der Waals surface area contributed by atoms with Crippen LogP contribution in [0.5, 0.6) is 0 Å². The van der Waals surface area contributed by atoms with Crippen molar-refractivity contribution in [2.75, 3.05) is 6.54 Å². The first-order chi connectivity index (χ1) is 9.00. The van der Waals surface area contributed by atoms with Crippen molar-refractivity contribution in [2.45, 2.75) is 19.9 Å². The summed E-state index contributed by atoms with van der Waals surface area (Å²) >= 11 is 0. The summed E-state index contributed by atoms with van der Waals surface area (Å²) in [5.74, 6) is -1.42. The highest BCUT2D eigenvalue weighted by Crippen LogP contribution is 2.17. The number of H-pyrrole nitrogens is 1. The van der Waals surface area contributed by atoms with Gasteiger partial charge in [-0.05, 0) is 19.9 Å². The lowest BCUT2D eigenvalue weighted by Gasteiger charge is -2.23. The molecule has 0 unspecified atom stereocenters. The summed E-state index contributed by atoms with van der Waals surface area (Å²) in [6.45, 7) is 3.21. The number of nitrogens with one attached hydrogen (secondary N) is 1. The number of fused-ring (bicyclic) bond motifs is 1. The Morgan fingerprint density at radius 1 is 1.37 bits per heavy atom. The number of carbonyl (C=O) groups excluding carboxylic acids is 1. The predicted octanol–water partition coefficient (Wildman–Crippen LogP) is 1.50. The summed E-state index contributed by atoms with van der Waals surface area (Å²) in [6, 6.07) is 7.04. The molecule has 0 spiro atoms. The first-order valence-electron chi connectivity index (χ1n) is 5.96. The van der Waals surface area contributed by atoms with Crippen LogP contribution in [0.1, 0.15) is 24.3 Å². The van der Waals surface area contributed by atoms with Crippen LogP contribution in [0.15, 0.2) is 24.3 Å². The molecular formula is C13H15N3O3. The van der Waals surface area contributed by atoms with E-state index in [1.807, 2.05) is 18.2 Å². The summed E-state index contributed by atoms with van der Waals surface area (Å²) in [6.07, 6.45) is 0. The zero-order valence-electron chi connectivity index (χ0n) is 10.8. The highest BCUT2D eigenvalue weighted by atomic mass is 16.4. The summed E-state index contributed by atoms with van der Waals surface area (Å²) in [7, 11) is 0. The molecular weight excluding hydrogens is 246 g/mol. The maximum atomic E-state index is 12.4. The van der Waals surface area contributed by atoms with E-state index in [9.17, 15) is 9.59 Å². The molecule has 0 aliphatic rings. The molecule has 0 fully saturated rings. The lowest BCUT2D eigenvalue weighted by Crippen LogP contribution is -2.40. The third-order valence-corrected chi connectivity index (χ3v) is 2.86.